The van der Waals surface area contributed by atoms with Gasteiger partial charge in [0.1, 0.15) is 0 Å². The fraction of sp³-hybridized carbons (Fsp3) is 0.545. The number of nitrogens with one attached hydrogen (secondary N) is 1. The zero-order chi connectivity index (χ0) is 12.4. The molecule has 0 aliphatic heterocycles. The van der Waals surface area contributed by atoms with Crippen molar-refractivity contribution in [2.75, 3.05) is 0 Å². The Hall–Kier alpha value is -1.27. The highest BCUT2D eigenvalue weighted by atomic mass is 32.1. The van der Waals surface area contributed by atoms with E-state index in [1.54, 1.807) is 18.3 Å². The third-order valence-electron chi connectivity index (χ3n) is 2.49. The molecule has 2 aromatic rings. The molecule has 0 radical (unpaired) electrons. The molecule has 1 atom stereocenters. The summed E-state index contributed by atoms with van der Waals surface area (Å²) in [6.45, 7) is 8.59. The predicted octanol–water partition coefficient (Wildman–Crippen LogP) is 2.30. The van der Waals surface area contributed by atoms with E-state index in [-0.39, 0.29) is 6.04 Å². The second-order valence-electron chi connectivity index (χ2n) is 4.01. The van der Waals surface area contributed by atoms with Gasteiger partial charge in [0.15, 0.2) is 5.82 Å². The number of aromatic nitrogens is 3. The average Bonchev–Trinajstić information content (AvgIpc) is 2.81. The lowest BCUT2D eigenvalue weighted by molar-refractivity contribution is 0.384. The minimum atomic E-state index is 0.193. The average molecular weight is 252 g/mol. The van der Waals surface area contributed by atoms with Gasteiger partial charge < -0.3 is 9.84 Å². The highest BCUT2D eigenvalue weighted by molar-refractivity contribution is 7.11. The van der Waals surface area contributed by atoms with E-state index in [1.807, 2.05) is 6.92 Å². The van der Waals surface area contributed by atoms with Gasteiger partial charge in [-0.2, -0.15) is 4.98 Å². The van der Waals surface area contributed by atoms with E-state index in [1.165, 1.54) is 4.88 Å². The Kier molecular flexibility index (Phi) is 3.54. The third kappa shape index (κ3) is 2.89. The summed E-state index contributed by atoms with van der Waals surface area (Å²) >= 11 is 1.72. The molecule has 17 heavy (non-hydrogen) atoms. The van der Waals surface area contributed by atoms with Crippen molar-refractivity contribution < 1.29 is 4.52 Å². The third-order valence-corrected chi connectivity index (χ3v) is 3.39. The molecule has 0 aliphatic carbocycles. The standard InChI is InChI=1S/C11H16N4OS/c1-6(11-7(2)17-9(4)14-11)12-5-10-13-8(3)16-15-10/h6,12H,5H2,1-4H3. The van der Waals surface area contributed by atoms with Crippen LogP contribution in [-0.2, 0) is 6.54 Å². The number of nitrogens with zero attached hydrogens (tertiary/aromatic N) is 3. The van der Waals surface area contributed by atoms with Crippen molar-refractivity contribution in [2.24, 2.45) is 0 Å². The lowest BCUT2D eigenvalue weighted by atomic mass is 10.2. The van der Waals surface area contributed by atoms with Gasteiger partial charge in [-0.15, -0.1) is 11.3 Å². The number of aryl methyl sites for hydroxylation is 3. The monoisotopic (exact) mass is 252 g/mol. The highest BCUT2D eigenvalue weighted by Crippen LogP contribution is 2.22. The molecule has 0 fully saturated rings. The summed E-state index contributed by atoms with van der Waals surface area (Å²) in [6, 6.07) is 0.193. The van der Waals surface area contributed by atoms with E-state index in [0.29, 0.717) is 18.3 Å². The molecule has 6 heteroatoms. The second-order valence-corrected chi connectivity index (χ2v) is 5.41. The van der Waals surface area contributed by atoms with Gasteiger partial charge in [0.25, 0.3) is 0 Å². The van der Waals surface area contributed by atoms with Crippen molar-refractivity contribution >= 4 is 11.3 Å². The number of hydrogen-bond donors (Lipinski definition) is 1. The maximum absolute atomic E-state index is 4.92. The van der Waals surface area contributed by atoms with E-state index in [4.69, 9.17) is 4.52 Å². The molecule has 0 aromatic carbocycles. The zero-order valence-corrected chi connectivity index (χ0v) is 11.3. The summed E-state index contributed by atoms with van der Waals surface area (Å²) in [5.41, 5.74) is 1.10. The van der Waals surface area contributed by atoms with Crippen molar-refractivity contribution in [3.63, 3.8) is 0 Å². The fourth-order valence-electron chi connectivity index (χ4n) is 1.70. The van der Waals surface area contributed by atoms with Crippen molar-refractivity contribution in [1.29, 1.82) is 0 Å². The van der Waals surface area contributed by atoms with Crippen LogP contribution in [0.25, 0.3) is 0 Å². The Bertz CT molecular complexity index is 505. The fourth-order valence-corrected chi connectivity index (χ4v) is 2.62. The van der Waals surface area contributed by atoms with Gasteiger partial charge in [0.2, 0.25) is 5.89 Å². The van der Waals surface area contributed by atoms with E-state index in [2.05, 4.69) is 34.3 Å². The molecule has 2 heterocycles. The Morgan fingerprint density at radius 2 is 2.06 bits per heavy atom. The largest absolute Gasteiger partial charge is 0.340 e. The molecule has 0 bridgehead atoms. The molecule has 2 aromatic heterocycles. The SMILES string of the molecule is Cc1nc(CNC(C)c2nc(C)sc2C)no1. The molecule has 0 aliphatic rings. The Morgan fingerprint density at radius 3 is 2.59 bits per heavy atom. The van der Waals surface area contributed by atoms with Gasteiger partial charge in [-0.3, -0.25) is 0 Å². The van der Waals surface area contributed by atoms with Gasteiger partial charge in [-0.1, -0.05) is 5.16 Å². The van der Waals surface area contributed by atoms with E-state index in [9.17, 15) is 0 Å². The quantitative estimate of drug-likeness (QED) is 0.904. The number of rotatable bonds is 4. The molecular formula is C11H16N4OS. The first-order chi connectivity index (χ1) is 8.06. The number of hydrogen-bond acceptors (Lipinski definition) is 6. The van der Waals surface area contributed by atoms with E-state index in [0.717, 1.165) is 10.7 Å². The number of thiazole rings is 1. The van der Waals surface area contributed by atoms with Crippen LogP contribution in [0.2, 0.25) is 0 Å². The van der Waals surface area contributed by atoms with Crippen LogP contribution < -0.4 is 5.32 Å². The second kappa shape index (κ2) is 4.93. The zero-order valence-electron chi connectivity index (χ0n) is 10.4. The van der Waals surface area contributed by atoms with Crippen molar-refractivity contribution in [1.82, 2.24) is 20.4 Å². The first-order valence-corrected chi connectivity index (χ1v) is 6.34. The molecular weight excluding hydrogens is 236 g/mol. The topological polar surface area (TPSA) is 63.8 Å². The van der Waals surface area contributed by atoms with Gasteiger partial charge >= 0.3 is 0 Å². The summed E-state index contributed by atoms with van der Waals surface area (Å²) in [7, 11) is 0. The Labute approximate surface area is 104 Å². The first-order valence-electron chi connectivity index (χ1n) is 5.52. The van der Waals surface area contributed by atoms with Crippen molar-refractivity contribution in [3.8, 4) is 0 Å². The smallest absolute Gasteiger partial charge is 0.223 e. The predicted molar refractivity (Wildman–Crippen MR) is 65.9 cm³/mol. The highest BCUT2D eigenvalue weighted by Gasteiger charge is 2.13. The van der Waals surface area contributed by atoms with Crippen molar-refractivity contribution in [3.05, 3.63) is 27.3 Å². The maximum atomic E-state index is 4.92. The molecule has 0 spiro atoms. The molecule has 0 saturated carbocycles. The van der Waals surface area contributed by atoms with Crippen LogP contribution in [0, 0.1) is 20.8 Å². The summed E-state index contributed by atoms with van der Waals surface area (Å²) < 4.78 is 4.92. The van der Waals surface area contributed by atoms with Gasteiger partial charge in [-0.05, 0) is 20.8 Å². The summed E-state index contributed by atoms with van der Waals surface area (Å²) in [4.78, 5) is 9.92. The molecule has 92 valence electrons. The van der Waals surface area contributed by atoms with Crippen LogP contribution in [-0.4, -0.2) is 15.1 Å². The van der Waals surface area contributed by atoms with Crippen molar-refractivity contribution in [2.45, 2.75) is 40.3 Å². The molecule has 1 N–H and O–H groups in total. The molecule has 0 saturated heterocycles. The lowest BCUT2D eigenvalue weighted by Gasteiger charge is -2.10. The van der Waals surface area contributed by atoms with Crippen LogP contribution in [0.15, 0.2) is 4.52 Å². The summed E-state index contributed by atoms with van der Waals surface area (Å²) in [6.07, 6.45) is 0. The summed E-state index contributed by atoms with van der Waals surface area (Å²) in [5.74, 6) is 1.27. The van der Waals surface area contributed by atoms with Crippen LogP contribution in [0.1, 0.15) is 40.3 Å². The van der Waals surface area contributed by atoms with Crippen LogP contribution in [0.3, 0.4) is 0 Å². The summed E-state index contributed by atoms with van der Waals surface area (Å²) in [5, 5.41) is 8.28. The van der Waals surface area contributed by atoms with E-state index < -0.39 is 0 Å². The molecule has 1 unspecified atom stereocenters. The Morgan fingerprint density at radius 1 is 1.29 bits per heavy atom. The van der Waals surface area contributed by atoms with Gasteiger partial charge in [-0.25, -0.2) is 4.98 Å². The molecule has 0 amide bonds. The van der Waals surface area contributed by atoms with Crippen LogP contribution in [0.5, 0.6) is 0 Å². The normalized spacial score (nSPS) is 12.9. The Balaban J connectivity index is 1.97. The van der Waals surface area contributed by atoms with Gasteiger partial charge in [0, 0.05) is 17.8 Å². The van der Waals surface area contributed by atoms with E-state index >= 15 is 0 Å². The van der Waals surface area contributed by atoms with Gasteiger partial charge in [0.05, 0.1) is 17.2 Å². The molecule has 2 rings (SSSR count). The minimum absolute atomic E-state index is 0.193. The van der Waals surface area contributed by atoms with Crippen LogP contribution in [0.4, 0.5) is 0 Å². The first kappa shape index (κ1) is 12.2. The minimum Gasteiger partial charge on any atom is -0.340 e. The molecule has 5 nitrogen and oxygen atoms in total. The van der Waals surface area contributed by atoms with Crippen LogP contribution >= 0.6 is 11.3 Å². The maximum Gasteiger partial charge on any atom is 0.223 e. The lowest BCUT2D eigenvalue weighted by Crippen LogP contribution is -2.19.